The number of anilines is 1. The predicted molar refractivity (Wildman–Crippen MR) is 114 cm³/mol. The second-order valence-electron chi connectivity index (χ2n) is 7.14. The summed E-state index contributed by atoms with van der Waals surface area (Å²) in [6, 6.07) is 9.58. The number of nitrogens with zero attached hydrogens (tertiary/aromatic N) is 3. The minimum atomic E-state index is -0.388. The number of hydrogen-bond donors (Lipinski definition) is 0. The maximum Gasteiger partial charge on any atom is 0.294 e. The smallest absolute Gasteiger partial charge is 0.294 e. The first-order valence-corrected chi connectivity index (χ1v) is 9.61. The molecule has 2 aromatic carbocycles. The molecule has 160 valence electrons. The monoisotopic (exact) mass is 423 g/mol. The maximum absolute atomic E-state index is 13.7. The number of rotatable bonds is 6. The zero-order valence-corrected chi connectivity index (χ0v) is 17.7. The molecule has 0 saturated heterocycles. The molecule has 0 saturated carbocycles. The molecule has 2 aromatic heterocycles. The number of carbonyl (C=O) groups is 1. The summed E-state index contributed by atoms with van der Waals surface area (Å²) in [4.78, 5) is 15.2. The number of halogens is 1. The van der Waals surface area contributed by atoms with E-state index >= 15 is 0 Å². The summed E-state index contributed by atoms with van der Waals surface area (Å²) in [5, 5.41) is 4.76. The number of ether oxygens (including phenoxy) is 2. The molecule has 0 aliphatic carbocycles. The summed E-state index contributed by atoms with van der Waals surface area (Å²) < 4.78 is 32.0. The fraction of sp³-hybridized carbons (Fsp3) is 0.217. The van der Waals surface area contributed by atoms with Gasteiger partial charge in [0.1, 0.15) is 22.9 Å². The molecule has 4 aromatic rings. The Morgan fingerprint density at radius 1 is 1.19 bits per heavy atom. The van der Waals surface area contributed by atoms with Crippen LogP contribution >= 0.6 is 0 Å². The summed E-state index contributed by atoms with van der Waals surface area (Å²) in [6.45, 7) is 1.93. The van der Waals surface area contributed by atoms with Crippen molar-refractivity contribution in [2.24, 2.45) is 7.05 Å². The summed E-state index contributed by atoms with van der Waals surface area (Å²) >= 11 is 0. The van der Waals surface area contributed by atoms with E-state index in [0.717, 1.165) is 5.56 Å². The summed E-state index contributed by atoms with van der Waals surface area (Å²) in [5.74, 6) is 0.648. The lowest BCUT2D eigenvalue weighted by Gasteiger charge is -2.22. The molecule has 0 radical (unpaired) electrons. The molecule has 8 heteroatoms. The Morgan fingerprint density at radius 3 is 2.68 bits per heavy atom. The molecule has 0 atom stereocenters. The van der Waals surface area contributed by atoms with Gasteiger partial charge in [-0.05, 0) is 43.3 Å². The Labute approximate surface area is 178 Å². The average molecular weight is 423 g/mol. The Bertz CT molecular complexity index is 1260. The van der Waals surface area contributed by atoms with E-state index in [1.54, 1.807) is 62.3 Å². The largest absolute Gasteiger partial charge is 0.497 e. The molecule has 7 nitrogen and oxygen atoms in total. The molecule has 0 spiro atoms. The fourth-order valence-corrected chi connectivity index (χ4v) is 3.52. The number of fused-ring (bicyclic) bond motifs is 1. The summed E-state index contributed by atoms with van der Waals surface area (Å²) in [5.41, 5.74) is 2.36. The SMILES string of the molecule is COc1ccc(OC)c(CN(C(=O)c2oc3ccc(F)cc3c2C)c2cnn(C)c2)c1. The van der Waals surface area contributed by atoms with Gasteiger partial charge >= 0.3 is 0 Å². The Balaban J connectivity index is 1.80. The lowest BCUT2D eigenvalue weighted by atomic mass is 10.1. The molecule has 0 unspecified atom stereocenters. The molecule has 4 rings (SSSR count). The minimum absolute atomic E-state index is 0.145. The van der Waals surface area contributed by atoms with Crippen molar-refractivity contribution in [3.63, 3.8) is 0 Å². The lowest BCUT2D eigenvalue weighted by molar-refractivity contribution is 0.0959. The van der Waals surface area contributed by atoms with E-state index in [-0.39, 0.29) is 24.0 Å². The van der Waals surface area contributed by atoms with E-state index in [0.29, 0.717) is 33.7 Å². The minimum Gasteiger partial charge on any atom is -0.497 e. The molecular formula is C23H22FN3O4. The average Bonchev–Trinajstić information content (AvgIpc) is 3.34. The van der Waals surface area contributed by atoms with Crippen molar-refractivity contribution in [3.8, 4) is 11.5 Å². The molecule has 0 fully saturated rings. The van der Waals surface area contributed by atoms with Crippen molar-refractivity contribution in [2.45, 2.75) is 13.5 Å². The van der Waals surface area contributed by atoms with Gasteiger partial charge in [0.25, 0.3) is 5.91 Å². The van der Waals surface area contributed by atoms with E-state index < -0.39 is 0 Å². The van der Waals surface area contributed by atoms with Gasteiger partial charge in [-0.2, -0.15) is 5.10 Å². The van der Waals surface area contributed by atoms with Crippen LogP contribution in [0.5, 0.6) is 11.5 Å². The van der Waals surface area contributed by atoms with Crippen LogP contribution < -0.4 is 14.4 Å². The molecule has 0 aliphatic heterocycles. The van der Waals surface area contributed by atoms with Crippen LogP contribution in [0.2, 0.25) is 0 Å². The standard InChI is InChI=1S/C23H22FN3O4/c1-14-19-10-16(24)5-7-21(19)31-22(14)23(28)27(17-11-25-26(2)13-17)12-15-9-18(29-3)6-8-20(15)30-4/h5-11,13H,12H2,1-4H3. The zero-order valence-electron chi connectivity index (χ0n) is 17.7. The van der Waals surface area contributed by atoms with E-state index in [1.807, 2.05) is 6.07 Å². The number of aryl methyl sites for hydroxylation is 2. The van der Waals surface area contributed by atoms with Crippen LogP contribution in [0.4, 0.5) is 10.1 Å². The topological polar surface area (TPSA) is 69.7 Å². The third-order valence-electron chi connectivity index (χ3n) is 5.16. The summed E-state index contributed by atoms with van der Waals surface area (Å²) in [7, 11) is 4.92. The van der Waals surface area contributed by atoms with Crippen molar-refractivity contribution >= 4 is 22.6 Å². The highest BCUT2D eigenvalue weighted by Gasteiger charge is 2.27. The molecule has 31 heavy (non-hydrogen) atoms. The first-order chi connectivity index (χ1) is 14.9. The first-order valence-electron chi connectivity index (χ1n) is 9.61. The predicted octanol–water partition coefficient (Wildman–Crippen LogP) is 4.48. The van der Waals surface area contributed by atoms with E-state index in [4.69, 9.17) is 13.9 Å². The normalized spacial score (nSPS) is 11.0. The van der Waals surface area contributed by atoms with Crippen molar-refractivity contribution in [2.75, 3.05) is 19.1 Å². The second kappa shape index (κ2) is 8.14. The third kappa shape index (κ3) is 3.84. The van der Waals surface area contributed by atoms with Crippen LogP contribution in [0.1, 0.15) is 21.7 Å². The van der Waals surface area contributed by atoms with E-state index in [2.05, 4.69) is 5.10 Å². The van der Waals surface area contributed by atoms with Gasteiger partial charge < -0.3 is 13.9 Å². The van der Waals surface area contributed by atoms with E-state index in [1.165, 1.54) is 18.2 Å². The van der Waals surface area contributed by atoms with Gasteiger partial charge in [-0.1, -0.05) is 0 Å². The molecule has 2 heterocycles. The Kier molecular flexibility index (Phi) is 5.37. The van der Waals surface area contributed by atoms with Crippen LogP contribution in [-0.2, 0) is 13.6 Å². The van der Waals surface area contributed by atoms with Gasteiger partial charge in [0.15, 0.2) is 5.76 Å². The van der Waals surface area contributed by atoms with Gasteiger partial charge in [-0.25, -0.2) is 4.39 Å². The molecule has 0 bridgehead atoms. The number of amides is 1. The maximum atomic E-state index is 13.7. The Hall–Kier alpha value is -3.81. The first kappa shape index (κ1) is 20.5. The van der Waals surface area contributed by atoms with Crippen LogP contribution in [0.3, 0.4) is 0 Å². The molecule has 0 N–H and O–H groups in total. The molecule has 0 aliphatic rings. The van der Waals surface area contributed by atoms with Gasteiger partial charge in [-0.15, -0.1) is 0 Å². The molecule has 1 amide bonds. The third-order valence-corrected chi connectivity index (χ3v) is 5.16. The molecular weight excluding hydrogens is 401 g/mol. The Morgan fingerprint density at radius 2 is 2.00 bits per heavy atom. The highest BCUT2D eigenvalue weighted by Crippen LogP contribution is 2.31. The number of carbonyl (C=O) groups excluding carboxylic acids is 1. The second-order valence-corrected chi connectivity index (χ2v) is 7.14. The van der Waals surface area contributed by atoms with Crippen molar-refractivity contribution in [1.29, 1.82) is 0 Å². The lowest BCUT2D eigenvalue weighted by Crippen LogP contribution is -2.30. The quantitative estimate of drug-likeness (QED) is 0.457. The number of aromatic nitrogens is 2. The summed E-state index contributed by atoms with van der Waals surface area (Å²) in [6.07, 6.45) is 3.34. The van der Waals surface area contributed by atoms with Crippen molar-refractivity contribution < 1.29 is 23.1 Å². The van der Waals surface area contributed by atoms with Gasteiger partial charge in [0.05, 0.1) is 32.6 Å². The van der Waals surface area contributed by atoms with E-state index in [9.17, 15) is 9.18 Å². The van der Waals surface area contributed by atoms with Crippen LogP contribution in [-0.4, -0.2) is 29.9 Å². The number of furan rings is 1. The van der Waals surface area contributed by atoms with Crippen molar-refractivity contribution in [1.82, 2.24) is 9.78 Å². The highest BCUT2D eigenvalue weighted by atomic mass is 19.1. The highest BCUT2D eigenvalue weighted by molar-refractivity contribution is 6.07. The van der Waals surface area contributed by atoms with Crippen LogP contribution in [0.25, 0.3) is 11.0 Å². The van der Waals surface area contributed by atoms with Crippen molar-refractivity contribution in [3.05, 3.63) is 71.5 Å². The number of methoxy groups -OCH3 is 2. The number of hydrogen-bond acceptors (Lipinski definition) is 5. The zero-order chi connectivity index (χ0) is 22.1. The van der Waals surface area contributed by atoms with Gasteiger partial charge in [0.2, 0.25) is 0 Å². The van der Waals surface area contributed by atoms with Gasteiger partial charge in [0, 0.05) is 29.8 Å². The van der Waals surface area contributed by atoms with Crippen LogP contribution in [0, 0.1) is 12.7 Å². The van der Waals surface area contributed by atoms with Gasteiger partial charge in [-0.3, -0.25) is 14.4 Å². The fourth-order valence-electron chi connectivity index (χ4n) is 3.52. The number of benzene rings is 2. The van der Waals surface area contributed by atoms with Crippen LogP contribution in [0.15, 0.2) is 53.2 Å².